The number of anilines is 2. The van der Waals surface area contributed by atoms with Crippen molar-refractivity contribution in [3.8, 4) is 6.07 Å². The molecule has 0 saturated heterocycles. The number of carbonyl (C=O) groups is 1. The quantitative estimate of drug-likeness (QED) is 0.254. The summed E-state index contributed by atoms with van der Waals surface area (Å²) in [5, 5.41) is 29.9. The van der Waals surface area contributed by atoms with Gasteiger partial charge in [0, 0.05) is 49.1 Å². The smallest absolute Gasteiger partial charge is 0.315 e. The van der Waals surface area contributed by atoms with Gasteiger partial charge in [0.05, 0.1) is 24.3 Å². The average molecular weight is 556 g/mol. The van der Waals surface area contributed by atoms with E-state index in [1.54, 1.807) is 13.3 Å². The summed E-state index contributed by atoms with van der Waals surface area (Å²) in [6, 6.07) is 12.1. The fourth-order valence-corrected chi connectivity index (χ4v) is 6.00. The van der Waals surface area contributed by atoms with E-state index in [0.29, 0.717) is 29.7 Å². The third-order valence-electron chi connectivity index (χ3n) is 8.29. The second kappa shape index (κ2) is 12.2. The first-order chi connectivity index (χ1) is 20.1. The van der Waals surface area contributed by atoms with Gasteiger partial charge in [0.15, 0.2) is 5.82 Å². The topological polar surface area (TPSA) is 153 Å². The van der Waals surface area contributed by atoms with E-state index in [1.807, 2.05) is 24.3 Å². The lowest BCUT2D eigenvalue weighted by Crippen LogP contribution is -2.49. The highest BCUT2D eigenvalue weighted by Crippen LogP contribution is 2.39. The van der Waals surface area contributed by atoms with Crippen molar-refractivity contribution < 1.29 is 9.53 Å². The molecule has 0 radical (unpaired) electrons. The van der Waals surface area contributed by atoms with Crippen molar-refractivity contribution in [2.24, 2.45) is 0 Å². The van der Waals surface area contributed by atoms with E-state index in [0.717, 1.165) is 49.9 Å². The number of ether oxygens (including phenoxy) is 1. The number of hydrogen-bond donors (Lipinski definition) is 5. The van der Waals surface area contributed by atoms with Crippen LogP contribution in [0.4, 0.5) is 16.4 Å². The Morgan fingerprint density at radius 3 is 2.59 bits per heavy atom. The molecule has 2 saturated carbocycles. The third-order valence-corrected chi connectivity index (χ3v) is 8.29. The van der Waals surface area contributed by atoms with Gasteiger partial charge in [0.2, 0.25) is 0 Å². The lowest BCUT2D eigenvalue weighted by atomic mass is 9.90. The highest BCUT2D eigenvalue weighted by Gasteiger charge is 2.28. The number of fused-ring (bicyclic) bond motifs is 1. The molecule has 0 aliphatic heterocycles. The number of aromatic amines is 1. The Kier molecular flexibility index (Phi) is 8.11. The van der Waals surface area contributed by atoms with E-state index >= 15 is 0 Å². The Balaban J connectivity index is 0.972. The van der Waals surface area contributed by atoms with Gasteiger partial charge in [0.25, 0.3) is 0 Å². The molecule has 3 aliphatic carbocycles. The van der Waals surface area contributed by atoms with E-state index in [2.05, 4.69) is 48.6 Å². The second-order valence-electron chi connectivity index (χ2n) is 11.4. The zero-order valence-electron chi connectivity index (χ0n) is 23.3. The number of rotatable bonds is 10. The Hall–Kier alpha value is -4.01. The molecule has 214 valence electrons. The van der Waals surface area contributed by atoms with Crippen molar-refractivity contribution >= 4 is 17.7 Å². The molecular formula is C30H37N9O2. The van der Waals surface area contributed by atoms with Gasteiger partial charge in [-0.1, -0.05) is 6.07 Å². The van der Waals surface area contributed by atoms with Gasteiger partial charge < -0.3 is 26.0 Å². The summed E-state index contributed by atoms with van der Waals surface area (Å²) in [4.78, 5) is 22.0. The summed E-state index contributed by atoms with van der Waals surface area (Å²) in [5.74, 6) is 2.74. The normalized spacial score (nSPS) is 22.4. The predicted octanol–water partition coefficient (Wildman–Crippen LogP) is 3.75. The molecule has 41 heavy (non-hydrogen) atoms. The van der Waals surface area contributed by atoms with Gasteiger partial charge in [-0.2, -0.15) is 10.4 Å². The molecule has 11 nitrogen and oxygen atoms in total. The molecule has 3 aromatic rings. The number of benzene rings is 1. The highest BCUT2D eigenvalue weighted by atomic mass is 16.5. The molecule has 5 N–H and O–H groups in total. The Morgan fingerprint density at radius 2 is 1.80 bits per heavy atom. The summed E-state index contributed by atoms with van der Waals surface area (Å²) in [6.45, 7) is 0.456. The third kappa shape index (κ3) is 6.84. The van der Waals surface area contributed by atoms with Crippen LogP contribution in [0.5, 0.6) is 0 Å². The van der Waals surface area contributed by atoms with Crippen LogP contribution in [0, 0.1) is 11.3 Å². The first-order valence-electron chi connectivity index (χ1n) is 14.6. The molecule has 2 amide bonds. The number of nitrogens with zero attached hydrogens (tertiary/aromatic N) is 4. The largest absolute Gasteiger partial charge is 0.383 e. The van der Waals surface area contributed by atoms with Gasteiger partial charge in [-0.3, -0.25) is 5.10 Å². The number of carbonyl (C=O) groups excluding carboxylic acids is 1. The van der Waals surface area contributed by atoms with Gasteiger partial charge in [-0.25, -0.2) is 14.8 Å². The van der Waals surface area contributed by atoms with E-state index in [9.17, 15) is 4.79 Å². The zero-order chi connectivity index (χ0) is 28.2. The molecule has 0 spiro atoms. The highest BCUT2D eigenvalue weighted by molar-refractivity contribution is 5.74. The average Bonchev–Trinajstić information content (AvgIpc) is 3.60. The molecule has 3 aliphatic rings. The van der Waals surface area contributed by atoms with E-state index < -0.39 is 0 Å². The molecule has 2 atom stereocenters. The SMILES string of the molecule is COC[C@H](NC1CCC(NC(=O)N[C@@H]2Cc3ccc(C#N)cc3C2)CC1)c1nccc(Nc2cc(C3CC3)[nH]n2)n1. The second-order valence-corrected chi connectivity index (χ2v) is 11.4. The monoisotopic (exact) mass is 555 g/mol. The standard InChI is InChI=1S/C30H37N9O2/c1-41-17-26(29-32-11-10-27(37-29)36-28-15-25(38-39-28)19-4-5-19)33-22-6-8-23(9-7-22)34-30(40)35-24-13-20-3-2-18(16-31)12-21(20)14-24/h2-3,10-12,15,19,22-24,26,33H,4-9,13-14,17H2,1H3,(H2,34,35,40)(H2,32,36,37,38,39)/t22?,23?,24-,26+/m1/s1. The van der Waals surface area contributed by atoms with Crippen LogP contribution in [0.2, 0.25) is 0 Å². The molecule has 11 heteroatoms. The van der Waals surface area contributed by atoms with Gasteiger partial charge in [0.1, 0.15) is 11.6 Å². The number of aromatic nitrogens is 4. The molecule has 1 aromatic carbocycles. The van der Waals surface area contributed by atoms with Crippen LogP contribution in [0.25, 0.3) is 0 Å². The number of amides is 2. The minimum atomic E-state index is -0.147. The van der Waals surface area contributed by atoms with Crippen LogP contribution in [-0.2, 0) is 17.6 Å². The number of H-pyrrole nitrogens is 1. The van der Waals surface area contributed by atoms with Crippen molar-refractivity contribution in [2.45, 2.75) is 81.5 Å². The number of urea groups is 1. The van der Waals surface area contributed by atoms with Crippen LogP contribution in [0.3, 0.4) is 0 Å². The van der Waals surface area contributed by atoms with E-state index in [-0.39, 0.29) is 30.2 Å². The molecule has 2 fully saturated rings. The summed E-state index contributed by atoms with van der Waals surface area (Å²) in [7, 11) is 1.69. The van der Waals surface area contributed by atoms with Crippen molar-refractivity contribution in [3.63, 3.8) is 0 Å². The summed E-state index contributed by atoms with van der Waals surface area (Å²) < 4.78 is 5.51. The maximum absolute atomic E-state index is 12.7. The Morgan fingerprint density at radius 1 is 1.02 bits per heavy atom. The van der Waals surface area contributed by atoms with Crippen molar-refractivity contribution in [2.75, 3.05) is 19.0 Å². The van der Waals surface area contributed by atoms with Crippen LogP contribution in [-0.4, -0.2) is 58.0 Å². The number of methoxy groups -OCH3 is 1. The maximum Gasteiger partial charge on any atom is 0.315 e. The summed E-state index contributed by atoms with van der Waals surface area (Å²) in [6.07, 6.45) is 9.42. The Labute approximate surface area is 239 Å². The number of hydrogen-bond acceptors (Lipinski definition) is 8. The number of nitriles is 1. The van der Waals surface area contributed by atoms with Crippen LogP contribution < -0.4 is 21.3 Å². The van der Waals surface area contributed by atoms with Crippen molar-refractivity contribution in [1.29, 1.82) is 5.26 Å². The maximum atomic E-state index is 12.7. The Bertz CT molecular complexity index is 1400. The fourth-order valence-electron chi connectivity index (χ4n) is 6.00. The minimum absolute atomic E-state index is 0.0604. The zero-order valence-corrected chi connectivity index (χ0v) is 23.3. The lowest BCUT2D eigenvalue weighted by molar-refractivity contribution is 0.150. The van der Waals surface area contributed by atoms with Crippen molar-refractivity contribution in [1.82, 2.24) is 36.1 Å². The molecular weight excluding hydrogens is 518 g/mol. The van der Waals surface area contributed by atoms with Crippen LogP contribution in [0.1, 0.15) is 78.7 Å². The van der Waals surface area contributed by atoms with E-state index in [4.69, 9.17) is 15.0 Å². The fraction of sp³-hybridized carbons (Fsp3) is 0.500. The molecule has 0 unspecified atom stereocenters. The molecule has 2 heterocycles. The lowest BCUT2D eigenvalue weighted by Gasteiger charge is -2.32. The minimum Gasteiger partial charge on any atom is -0.383 e. The van der Waals surface area contributed by atoms with E-state index in [1.165, 1.54) is 24.1 Å². The summed E-state index contributed by atoms with van der Waals surface area (Å²) >= 11 is 0. The molecule has 6 rings (SSSR count). The van der Waals surface area contributed by atoms with Crippen LogP contribution >= 0.6 is 0 Å². The molecule has 2 aromatic heterocycles. The van der Waals surface area contributed by atoms with Crippen LogP contribution in [0.15, 0.2) is 36.5 Å². The van der Waals surface area contributed by atoms with Gasteiger partial charge in [-0.15, -0.1) is 0 Å². The first kappa shape index (κ1) is 27.2. The van der Waals surface area contributed by atoms with Gasteiger partial charge >= 0.3 is 6.03 Å². The predicted molar refractivity (Wildman–Crippen MR) is 154 cm³/mol. The number of nitrogens with one attached hydrogen (secondary N) is 5. The van der Waals surface area contributed by atoms with Gasteiger partial charge in [-0.05, 0) is 80.7 Å². The molecule has 0 bridgehead atoms. The first-order valence-corrected chi connectivity index (χ1v) is 14.6. The van der Waals surface area contributed by atoms with Crippen molar-refractivity contribution in [3.05, 3.63) is 64.7 Å². The summed E-state index contributed by atoms with van der Waals surface area (Å²) in [5.41, 5.74) is 4.20.